The molecule has 0 bridgehead atoms. The molecule has 4 rings (SSSR count). The molecule has 1 aromatic carbocycles. The highest BCUT2D eigenvalue weighted by Gasteiger charge is 2.31. The summed E-state index contributed by atoms with van der Waals surface area (Å²) in [6.07, 6.45) is -2.79. The second-order valence-electron chi connectivity index (χ2n) is 7.55. The van der Waals surface area contributed by atoms with Crippen molar-refractivity contribution in [3.05, 3.63) is 64.2 Å². The first-order valence-corrected chi connectivity index (χ1v) is 10.1. The first-order chi connectivity index (χ1) is 15.7. The summed E-state index contributed by atoms with van der Waals surface area (Å²) in [6.45, 7) is 0.854. The van der Waals surface area contributed by atoms with Crippen molar-refractivity contribution in [2.75, 3.05) is 18.0 Å². The van der Waals surface area contributed by atoms with Crippen LogP contribution >= 0.6 is 0 Å². The van der Waals surface area contributed by atoms with Crippen LogP contribution in [0.4, 0.5) is 19.0 Å². The highest BCUT2D eigenvalue weighted by atomic mass is 19.4. The number of piperidine rings is 1. The summed E-state index contributed by atoms with van der Waals surface area (Å²) in [4.78, 5) is 42.5. The summed E-state index contributed by atoms with van der Waals surface area (Å²) in [6, 6.07) is 8.76. The largest absolute Gasteiger partial charge is 0.417 e. The third-order valence-corrected chi connectivity index (χ3v) is 5.48. The number of rotatable bonds is 3. The molecule has 0 spiro atoms. The number of carbonyl (C=O) groups excluding carboxylic acids is 2. The molecule has 0 aliphatic carbocycles. The molecule has 0 radical (unpaired) electrons. The molecule has 3 N–H and O–H groups in total. The van der Waals surface area contributed by atoms with Gasteiger partial charge in [-0.1, -0.05) is 18.2 Å². The lowest BCUT2D eigenvalue weighted by Crippen LogP contribution is -2.47. The first-order valence-electron chi connectivity index (χ1n) is 10.1. The molecular formula is C21H19F3N6O3. The minimum Gasteiger partial charge on any atom is -0.357 e. The zero-order chi connectivity index (χ0) is 23.6. The zero-order valence-corrected chi connectivity index (χ0v) is 17.1. The Morgan fingerprint density at radius 3 is 2.36 bits per heavy atom. The Morgan fingerprint density at radius 1 is 1.03 bits per heavy atom. The standard InChI is InChI=1S/C21H19F3N6O3/c22-21(23,24)13-5-6-16(25-11-13)30-9-7-12(8-10-30)18(31)27-29-20(33)17-14-3-1-2-4-15(14)19(32)28-26-17/h1-6,11-12H,7-10H2,(H,27,31)(H,28,32)(H,29,33). The van der Waals surface area contributed by atoms with Gasteiger partial charge in [0.15, 0.2) is 5.69 Å². The maximum Gasteiger partial charge on any atom is 0.417 e. The van der Waals surface area contributed by atoms with E-state index in [4.69, 9.17) is 0 Å². The number of H-pyrrole nitrogens is 1. The van der Waals surface area contributed by atoms with Gasteiger partial charge in [0.1, 0.15) is 5.82 Å². The average Bonchev–Trinajstić information content (AvgIpc) is 2.82. The molecule has 2 aromatic heterocycles. The first kappa shape index (κ1) is 22.2. The van der Waals surface area contributed by atoms with E-state index < -0.39 is 35.0 Å². The Balaban J connectivity index is 1.32. The lowest BCUT2D eigenvalue weighted by molar-refractivity contribution is -0.137. The molecule has 0 saturated carbocycles. The molecule has 33 heavy (non-hydrogen) atoms. The summed E-state index contributed by atoms with van der Waals surface area (Å²) in [5, 5.41) is 6.68. The molecule has 1 fully saturated rings. The highest BCUT2D eigenvalue weighted by molar-refractivity contribution is 6.05. The molecular weight excluding hydrogens is 441 g/mol. The Kier molecular flexibility index (Phi) is 5.99. The maximum atomic E-state index is 12.7. The van der Waals surface area contributed by atoms with E-state index in [0.29, 0.717) is 42.5 Å². The number of alkyl halides is 3. The Labute approximate surface area is 185 Å². The van der Waals surface area contributed by atoms with Crippen LogP contribution in [-0.2, 0) is 11.0 Å². The number of aromatic amines is 1. The van der Waals surface area contributed by atoms with Crippen LogP contribution in [-0.4, -0.2) is 40.1 Å². The number of hydrogen-bond acceptors (Lipinski definition) is 6. The number of amides is 2. The Hall–Kier alpha value is -3.96. The number of nitrogens with zero attached hydrogens (tertiary/aromatic N) is 3. The van der Waals surface area contributed by atoms with Crippen molar-refractivity contribution in [3.8, 4) is 0 Å². The van der Waals surface area contributed by atoms with Gasteiger partial charge in [0.2, 0.25) is 5.91 Å². The van der Waals surface area contributed by atoms with E-state index >= 15 is 0 Å². The second kappa shape index (κ2) is 8.88. The number of hydrazine groups is 1. The fourth-order valence-electron chi connectivity index (χ4n) is 3.68. The van der Waals surface area contributed by atoms with Gasteiger partial charge in [0.25, 0.3) is 11.5 Å². The van der Waals surface area contributed by atoms with Gasteiger partial charge in [-0.15, -0.1) is 0 Å². The lowest BCUT2D eigenvalue weighted by Gasteiger charge is -2.32. The number of pyridine rings is 1. The average molecular weight is 460 g/mol. The summed E-state index contributed by atoms with van der Waals surface area (Å²) in [5.41, 5.74) is 3.41. The topological polar surface area (TPSA) is 120 Å². The molecule has 1 saturated heterocycles. The smallest absolute Gasteiger partial charge is 0.357 e. The van der Waals surface area contributed by atoms with E-state index in [1.807, 2.05) is 0 Å². The normalized spacial score (nSPS) is 14.8. The highest BCUT2D eigenvalue weighted by Crippen LogP contribution is 2.30. The Bertz CT molecular complexity index is 1230. The molecule has 1 aliphatic heterocycles. The number of fused-ring (bicyclic) bond motifs is 1. The van der Waals surface area contributed by atoms with Crippen molar-refractivity contribution in [3.63, 3.8) is 0 Å². The van der Waals surface area contributed by atoms with Crippen LogP contribution in [0.15, 0.2) is 47.4 Å². The number of aromatic nitrogens is 3. The predicted molar refractivity (Wildman–Crippen MR) is 112 cm³/mol. The van der Waals surface area contributed by atoms with Crippen molar-refractivity contribution in [2.45, 2.75) is 19.0 Å². The van der Waals surface area contributed by atoms with Crippen LogP contribution < -0.4 is 21.3 Å². The SMILES string of the molecule is O=C(NNC(=O)C1CCN(c2ccc(C(F)(F)F)cn2)CC1)c1n[nH]c(=O)c2ccccc12. The minimum absolute atomic E-state index is 0.0336. The van der Waals surface area contributed by atoms with Crippen molar-refractivity contribution < 1.29 is 22.8 Å². The van der Waals surface area contributed by atoms with Crippen LogP contribution in [0.5, 0.6) is 0 Å². The van der Waals surface area contributed by atoms with Gasteiger partial charge in [-0.2, -0.15) is 18.3 Å². The molecule has 0 unspecified atom stereocenters. The fraction of sp³-hybridized carbons (Fsp3) is 0.286. The van der Waals surface area contributed by atoms with Gasteiger partial charge in [0.05, 0.1) is 10.9 Å². The molecule has 2 amide bonds. The summed E-state index contributed by atoms with van der Waals surface area (Å²) in [5.74, 6) is -1.05. The van der Waals surface area contributed by atoms with E-state index in [-0.39, 0.29) is 5.69 Å². The number of halogens is 3. The molecule has 1 aliphatic rings. The van der Waals surface area contributed by atoms with Gasteiger partial charge in [-0.05, 0) is 31.0 Å². The van der Waals surface area contributed by atoms with E-state index in [1.54, 1.807) is 29.2 Å². The number of benzene rings is 1. The minimum atomic E-state index is -4.45. The summed E-state index contributed by atoms with van der Waals surface area (Å²) in [7, 11) is 0. The second-order valence-corrected chi connectivity index (χ2v) is 7.55. The van der Waals surface area contributed by atoms with E-state index in [9.17, 15) is 27.6 Å². The Morgan fingerprint density at radius 2 is 1.73 bits per heavy atom. The van der Waals surface area contributed by atoms with Crippen LogP contribution in [0.3, 0.4) is 0 Å². The van der Waals surface area contributed by atoms with E-state index in [2.05, 4.69) is 26.0 Å². The monoisotopic (exact) mass is 460 g/mol. The van der Waals surface area contributed by atoms with Crippen molar-refractivity contribution in [2.24, 2.45) is 5.92 Å². The van der Waals surface area contributed by atoms with Crippen molar-refractivity contribution >= 4 is 28.4 Å². The van der Waals surface area contributed by atoms with Crippen LogP contribution in [0, 0.1) is 5.92 Å². The van der Waals surface area contributed by atoms with Gasteiger partial charge in [-0.25, -0.2) is 10.1 Å². The third kappa shape index (κ3) is 4.78. The molecule has 0 atom stereocenters. The fourth-order valence-corrected chi connectivity index (χ4v) is 3.68. The molecule has 9 nitrogen and oxygen atoms in total. The summed E-state index contributed by atoms with van der Waals surface area (Å²) < 4.78 is 38.1. The van der Waals surface area contributed by atoms with Gasteiger partial charge >= 0.3 is 6.18 Å². The number of carbonyl (C=O) groups is 2. The molecule has 172 valence electrons. The number of nitrogens with one attached hydrogen (secondary N) is 3. The zero-order valence-electron chi connectivity index (χ0n) is 17.1. The third-order valence-electron chi connectivity index (χ3n) is 5.48. The van der Waals surface area contributed by atoms with Crippen molar-refractivity contribution in [1.29, 1.82) is 0 Å². The van der Waals surface area contributed by atoms with Gasteiger partial charge in [-0.3, -0.25) is 25.2 Å². The van der Waals surface area contributed by atoms with E-state index in [1.165, 1.54) is 6.07 Å². The van der Waals surface area contributed by atoms with Crippen LogP contribution in [0.2, 0.25) is 0 Å². The van der Waals surface area contributed by atoms with Crippen molar-refractivity contribution in [1.82, 2.24) is 26.0 Å². The van der Waals surface area contributed by atoms with E-state index in [0.717, 1.165) is 12.3 Å². The number of anilines is 1. The quantitative estimate of drug-likeness (QED) is 0.515. The number of hydrogen-bond donors (Lipinski definition) is 3. The van der Waals surface area contributed by atoms with Gasteiger partial charge < -0.3 is 4.90 Å². The summed E-state index contributed by atoms with van der Waals surface area (Å²) >= 11 is 0. The molecule has 12 heteroatoms. The molecule has 3 aromatic rings. The molecule has 3 heterocycles. The predicted octanol–water partition coefficient (Wildman–Crippen LogP) is 2.01. The maximum absolute atomic E-state index is 12.7. The van der Waals surface area contributed by atoms with Crippen LogP contribution in [0.1, 0.15) is 28.9 Å². The van der Waals surface area contributed by atoms with Gasteiger partial charge in [0, 0.05) is 30.6 Å². The van der Waals surface area contributed by atoms with Crippen LogP contribution in [0.25, 0.3) is 10.8 Å². The lowest BCUT2D eigenvalue weighted by atomic mass is 9.96.